The largest absolute Gasteiger partial charge is 0.507 e. The lowest BCUT2D eigenvalue weighted by molar-refractivity contribution is 0.102. The van der Waals surface area contributed by atoms with Crippen molar-refractivity contribution in [1.82, 2.24) is 20.1 Å². The first-order valence-electron chi connectivity index (χ1n) is 12.2. The first-order chi connectivity index (χ1) is 18.0. The quantitative estimate of drug-likeness (QED) is 0.218. The molecular weight excluding hydrogens is 490 g/mol. The van der Waals surface area contributed by atoms with Crippen molar-refractivity contribution >= 4 is 29.2 Å². The van der Waals surface area contributed by atoms with E-state index in [1.807, 2.05) is 36.4 Å². The second-order valence-corrected chi connectivity index (χ2v) is 9.35. The van der Waals surface area contributed by atoms with E-state index in [4.69, 9.17) is 11.6 Å². The average molecular weight is 516 g/mol. The van der Waals surface area contributed by atoms with Crippen LogP contribution in [0.5, 0.6) is 5.75 Å². The molecule has 1 aliphatic carbocycles. The van der Waals surface area contributed by atoms with Gasteiger partial charge in [0.1, 0.15) is 10.9 Å². The molecule has 0 unspecified atom stereocenters. The van der Waals surface area contributed by atoms with Crippen LogP contribution < -0.4 is 10.6 Å². The van der Waals surface area contributed by atoms with Crippen LogP contribution >= 0.6 is 11.6 Å². The number of aromatic hydroxyl groups is 1. The molecule has 0 atom stereocenters. The summed E-state index contributed by atoms with van der Waals surface area (Å²) in [7, 11) is 0. The standard InChI is InChI=1S/C28H26ClN5O3/c29-26-21(10-5-14-30-26)27(36)32-20-11-12-25(35)22(16-20)23-17-24(19-8-4-9-19)34(33-23)28(37)31-15-13-18-6-2-1-3-7-18/h1-3,5-7,10-12,14,16-17,19,35H,4,8-9,13,15H2,(H,31,37)(H,32,36). The van der Waals surface area contributed by atoms with E-state index in [1.54, 1.807) is 24.3 Å². The fourth-order valence-corrected chi connectivity index (χ4v) is 4.50. The Hall–Kier alpha value is -4.17. The van der Waals surface area contributed by atoms with E-state index in [1.165, 1.54) is 16.9 Å². The Balaban J connectivity index is 1.37. The number of phenolic OH excluding ortho intramolecular Hbond substituents is 1. The molecule has 5 rings (SSSR count). The van der Waals surface area contributed by atoms with Gasteiger partial charge in [-0.15, -0.1) is 0 Å². The molecule has 0 bridgehead atoms. The number of benzene rings is 2. The van der Waals surface area contributed by atoms with Crippen molar-refractivity contribution in [3.8, 4) is 17.0 Å². The number of nitrogens with zero attached hydrogens (tertiary/aromatic N) is 3. The number of carbonyl (C=O) groups is 2. The molecule has 0 saturated heterocycles. The van der Waals surface area contributed by atoms with E-state index in [2.05, 4.69) is 20.7 Å². The highest BCUT2D eigenvalue weighted by atomic mass is 35.5. The van der Waals surface area contributed by atoms with Crippen molar-refractivity contribution in [2.75, 3.05) is 11.9 Å². The third-order valence-corrected chi connectivity index (χ3v) is 6.82. The Morgan fingerprint density at radius 1 is 1.05 bits per heavy atom. The second-order valence-electron chi connectivity index (χ2n) is 8.99. The monoisotopic (exact) mass is 515 g/mol. The molecule has 2 amide bonds. The van der Waals surface area contributed by atoms with Crippen molar-refractivity contribution in [2.45, 2.75) is 31.6 Å². The summed E-state index contributed by atoms with van der Waals surface area (Å²) in [5.74, 6) is -0.196. The topological polar surface area (TPSA) is 109 Å². The summed E-state index contributed by atoms with van der Waals surface area (Å²) in [5.41, 5.74) is 3.50. The van der Waals surface area contributed by atoms with Gasteiger partial charge in [0, 0.05) is 29.9 Å². The van der Waals surface area contributed by atoms with Crippen LogP contribution in [0.4, 0.5) is 10.5 Å². The summed E-state index contributed by atoms with van der Waals surface area (Å²) in [6.07, 6.45) is 5.28. The van der Waals surface area contributed by atoms with Gasteiger partial charge in [0.05, 0.1) is 17.0 Å². The lowest BCUT2D eigenvalue weighted by atomic mass is 9.82. The number of aromatic nitrogens is 3. The average Bonchev–Trinajstić information content (AvgIpc) is 3.29. The zero-order chi connectivity index (χ0) is 25.8. The maximum atomic E-state index is 13.1. The molecule has 3 N–H and O–H groups in total. The molecular formula is C28H26ClN5O3. The zero-order valence-corrected chi connectivity index (χ0v) is 20.8. The summed E-state index contributed by atoms with van der Waals surface area (Å²) in [4.78, 5) is 29.7. The molecule has 1 fully saturated rings. The molecule has 0 radical (unpaired) electrons. The van der Waals surface area contributed by atoms with Gasteiger partial charge in [0.15, 0.2) is 0 Å². The molecule has 0 spiro atoms. The molecule has 9 heteroatoms. The van der Waals surface area contributed by atoms with E-state index >= 15 is 0 Å². The SMILES string of the molecule is O=C(Nc1ccc(O)c(-c2cc(C3CCC3)n(C(=O)NCCc3ccccc3)n2)c1)c1cccnc1Cl. The number of amides is 2. The van der Waals surface area contributed by atoms with Gasteiger partial charge in [0.25, 0.3) is 5.91 Å². The summed E-state index contributed by atoms with van der Waals surface area (Å²) >= 11 is 6.04. The van der Waals surface area contributed by atoms with Gasteiger partial charge in [-0.05, 0) is 61.2 Å². The highest BCUT2D eigenvalue weighted by Crippen LogP contribution is 2.39. The number of phenols is 1. The van der Waals surface area contributed by atoms with Crippen LogP contribution in [0, 0.1) is 0 Å². The predicted molar refractivity (Wildman–Crippen MR) is 142 cm³/mol. The third-order valence-electron chi connectivity index (χ3n) is 6.52. The highest BCUT2D eigenvalue weighted by molar-refractivity contribution is 6.33. The maximum absolute atomic E-state index is 13.1. The normalized spacial score (nSPS) is 13.1. The van der Waals surface area contributed by atoms with E-state index in [0.717, 1.165) is 30.5 Å². The van der Waals surface area contributed by atoms with Gasteiger partial charge < -0.3 is 15.7 Å². The summed E-state index contributed by atoms with van der Waals surface area (Å²) in [6, 6.07) is 19.4. The molecule has 2 heterocycles. The first kappa shape index (κ1) is 24.5. The van der Waals surface area contributed by atoms with Gasteiger partial charge in [0.2, 0.25) is 0 Å². The summed E-state index contributed by atoms with van der Waals surface area (Å²) < 4.78 is 1.41. The number of rotatable bonds is 7. The zero-order valence-electron chi connectivity index (χ0n) is 20.0. The summed E-state index contributed by atoms with van der Waals surface area (Å²) in [5, 5.41) is 21.0. The Kier molecular flexibility index (Phi) is 7.18. The Morgan fingerprint density at radius 3 is 2.59 bits per heavy atom. The van der Waals surface area contributed by atoms with Crippen LogP contribution in [0.25, 0.3) is 11.3 Å². The molecule has 2 aromatic heterocycles. The van der Waals surface area contributed by atoms with Gasteiger partial charge in [-0.1, -0.05) is 48.4 Å². The number of halogens is 1. The molecule has 0 aliphatic heterocycles. The molecule has 2 aromatic carbocycles. The van der Waals surface area contributed by atoms with Crippen LogP contribution in [-0.2, 0) is 6.42 Å². The minimum absolute atomic E-state index is 0.00768. The fraction of sp³-hybridized carbons (Fsp3) is 0.214. The van der Waals surface area contributed by atoms with Crippen LogP contribution in [-0.4, -0.2) is 38.4 Å². The predicted octanol–water partition coefficient (Wildman–Crippen LogP) is 5.62. The minimum Gasteiger partial charge on any atom is -0.507 e. The maximum Gasteiger partial charge on any atom is 0.342 e. The van der Waals surface area contributed by atoms with E-state index in [-0.39, 0.29) is 28.4 Å². The van der Waals surface area contributed by atoms with Gasteiger partial charge in [-0.3, -0.25) is 4.79 Å². The Morgan fingerprint density at radius 2 is 1.86 bits per heavy atom. The van der Waals surface area contributed by atoms with Gasteiger partial charge >= 0.3 is 6.03 Å². The first-order valence-corrected chi connectivity index (χ1v) is 12.5. The van der Waals surface area contributed by atoms with Crippen molar-refractivity contribution in [1.29, 1.82) is 0 Å². The second kappa shape index (κ2) is 10.8. The van der Waals surface area contributed by atoms with Crippen LogP contribution in [0.2, 0.25) is 5.15 Å². The molecule has 4 aromatic rings. The molecule has 1 aliphatic rings. The fourth-order valence-electron chi connectivity index (χ4n) is 4.29. The van der Waals surface area contributed by atoms with Crippen molar-refractivity contribution in [3.63, 3.8) is 0 Å². The van der Waals surface area contributed by atoms with Crippen LogP contribution in [0.3, 0.4) is 0 Å². The third kappa shape index (κ3) is 5.49. The van der Waals surface area contributed by atoms with E-state index < -0.39 is 5.91 Å². The number of hydrogen-bond acceptors (Lipinski definition) is 5. The summed E-state index contributed by atoms with van der Waals surface area (Å²) in [6.45, 7) is 0.478. The van der Waals surface area contributed by atoms with E-state index in [0.29, 0.717) is 29.9 Å². The van der Waals surface area contributed by atoms with Gasteiger partial charge in [-0.2, -0.15) is 9.78 Å². The molecule has 188 valence electrons. The number of pyridine rings is 1. The van der Waals surface area contributed by atoms with Crippen molar-refractivity contribution in [3.05, 3.63) is 94.9 Å². The van der Waals surface area contributed by atoms with E-state index in [9.17, 15) is 14.7 Å². The molecule has 8 nitrogen and oxygen atoms in total. The highest BCUT2D eigenvalue weighted by Gasteiger charge is 2.27. The Bertz CT molecular complexity index is 1430. The lowest BCUT2D eigenvalue weighted by Crippen LogP contribution is -2.33. The lowest BCUT2D eigenvalue weighted by Gasteiger charge is -2.25. The van der Waals surface area contributed by atoms with Crippen LogP contribution in [0.15, 0.2) is 72.9 Å². The number of hydrogen-bond donors (Lipinski definition) is 3. The van der Waals surface area contributed by atoms with Crippen LogP contribution in [0.1, 0.15) is 46.8 Å². The van der Waals surface area contributed by atoms with Gasteiger partial charge in [-0.25, -0.2) is 9.78 Å². The molecule has 1 saturated carbocycles. The van der Waals surface area contributed by atoms with Crippen molar-refractivity contribution < 1.29 is 14.7 Å². The number of nitrogens with one attached hydrogen (secondary N) is 2. The number of anilines is 1. The van der Waals surface area contributed by atoms with Crippen molar-refractivity contribution in [2.24, 2.45) is 0 Å². The molecule has 37 heavy (non-hydrogen) atoms. The Labute approximate surface area is 219 Å². The minimum atomic E-state index is -0.423. The number of carbonyl (C=O) groups excluding carboxylic acids is 2. The smallest absolute Gasteiger partial charge is 0.342 e.